The highest BCUT2D eigenvalue weighted by Crippen LogP contribution is 2.19. The van der Waals surface area contributed by atoms with E-state index in [9.17, 15) is 4.79 Å². The number of carbonyl (C=O) groups excluding carboxylic acids is 1. The third-order valence-corrected chi connectivity index (χ3v) is 4.46. The van der Waals surface area contributed by atoms with Crippen molar-refractivity contribution >= 4 is 50.7 Å². The first-order chi connectivity index (χ1) is 9.56. The van der Waals surface area contributed by atoms with Crippen molar-refractivity contribution in [2.45, 2.75) is 0 Å². The molecule has 0 atom stereocenters. The van der Waals surface area contributed by atoms with Crippen molar-refractivity contribution in [2.24, 2.45) is 0 Å². The number of amides is 1. The van der Waals surface area contributed by atoms with Gasteiger partial charge < -0.3 is 10.2 Å². The molecular weight excluding hydrogens is 288 g/mol. The summed E-state index contributed by atoms with van der Waals surface area (Å²) in [5.41, 5.74) is 0.810. The number of anilines is 1. The molecule has 1 amide bonds. The van der Waals surface area contributed by atoms with Crippen LogP contribution < -0.4 is 5.32 Å². The standard InChI is InChI=1S/C15H16N2OS2/c1-17(2)15(19)20-10-14(18)16-13-8-7-11-5-3-4-6-12(11)9-13/h3-9H,10H2,1-2H3,(H,16,18). The van der Waals surface area contributed by atoms with E-state index in [1.54, 1.807) is 0 Å². The molecule has 0 saturated heterocycles. The lowest BCUT2D eigenvalue weighted by Crippen LogP contribution is -2.20. The summed E-state index contributed by atoms with van der Waals surface area (Å²) in [6.45, 7) is 0. The highest BCUT2D eigenvalue weighted by Gasteiger charge is 2.06. The number of fused-ring (bicyclic) bond motifs is 1. The van der Waals surface area contributed by atoms with Gasteiger partial charge in [-0.3, -0.25) is 4.79 Å². The van der Waals surface area contributed by atoms with Crippen LogP contribution in [0.5, 0.6) is 0 Å². The minimum atomic E-state index is -0.0468. The fourth-order valence-electron chi connectivity index (χ4n) is 1.72. The van der Waals surface area contributed by atoms with Gasteiger partial charge in [0.25, 0.3) is 0 Å². The van der Waals surface area contributed by atoms with E-state index in [-0.39, 0.29) is 5.91 Å². The number of hydrogen-bond donors (Lipinski definition) is 1. The molecule has 0 aliphatic rings. The highest BCUT2D eigenvalue weighted by molar-refractivity contribution is 8.23. The molecule has 0 saturated carbocycles. The molecule has 2 rings (SSSR count). The number of nitrogens with one attached hydrogen (secondary N) is 1. The fourth-order valence-corrected chi connectivity index (χ4v) is 2.48. The normalized spacial score (nSPS) is 10.3. The first-order valence-electron chi connectivity index (χ1n) is 6.19. The first kappa shape index (κ1) is 14.8. The summed E-state index contributed by atoms with van der Waals surface area (Å²) in [7, 11) is 3.74. The maximum atomic E-state index is 11.9. The van der Waals surface area contributed by atoms with Gasteiger partial charge in [-0.1, -0.05) is 54.3 Å². The second kappa shape index (κ2) is 6.72. The predicted octanol–water partition coefficient (Wildman–Crippen LogP) is 3.36. The quantitative estimate of drug-likeness (QED) is 0.881. The molecule has 20 heavy (non-hydrogen) atoms. The van der Waals surface area contributed by atoms with Crippen LogP contribution in [0.15, 0.2) is 42.5 Å². The summed E-state index contributed by atoms with van der Waals surface area (Å²) in [6, 6.07) is 14.0. The number of rotatable bonds is 3. The molecule has 0 aliphatic carbocycles. The molecule has 2 aromatic rings. The Labute approximate surface area is 128 Å². The Balaban J connectivity index is 1.97. The van der Waals surface area contributed by atoms with E-state index >= 15 is 0 Å². The van der Waals surface area contributed by atoms with Crippen molar-refractivity contribution in [1.82, 2.24) is 4.90 Å². The molecule has 0 heterocycles. The van der Waals surface area contributed by atoms with Gasteiger partial charge in [-0.15, -0.1) is 0 Å². The summed E-state index contributed by atoms with van der Waals surface area (Å²) in [4.78, 5) is 13.7. The lowest BCUT2D eigenvalue weighted by Gasteiger charge is -2.12. The Hall–Kier alpha value is -1.59. The van der Waals surface area contributed by atoms with Crippen LogP contribution in [0.25, 0.3) is 10.8 Å². The van der Waals surface area contributed by atoms with Crippen LogP contribution in [0.4, 0.5) is 5.69 Å². The summed E-state index contributed by atoms with van der Waals surface area (Å²) < 4.78 is 0.707. The van der Waals surface area contributed by atoms with E-state index in [2.05, 4.69) is 5.32 Å². The first-order valence-corrected chi connectivity index (χ1v) is 7.58. The third-order valence-electron chi connectivity index (χ3n) is 2.73. The van der Waals surface area contributed by atoms with Gasteiger partial charge in [0.2, 0.25) is 5.91 Å². The Kier molecular flexibility index (Phi) is 4.98. The van der Waals surface area contributed by atoms with Crippen molar-refractivity contribution < 1.29 is 4.79 Å². The molecule has 3 nitrogen and oxygen atoms in total. The number of thioether (sulfide) groups is 1. The Morgan fingerprint density at radius 1 is 1.20 bits per heavy atom. The number of thiocarbonyl (C=S) groups is 1. The molecule has 0 bridgehead atoms. The summed E-state index contributed by atoms with van der Waals surface area (Å²) in [5, 5.41) is 5.16. The average Bonchev–Trinajstić information content (AvgIpc) is 2.44. The summed E-state index contributed by atoms with van der Waals surface area (Å²) in [6.07, 6.45) is 0. The van der Waals surface area contributed by atoms with Gasteiger partial charge in [0.15, 0.2) is 0 Å². The van der Waals surface area contributed by atoms with Crippen molar-refractivity contribution in [3.8, 4) is 0 Å². The van der Waals surface area contributed by atoms with Crippen LogP contribution in [0.1, 0.15) is 0 Å². The van der Waals surface area contributed by atoms with Gasteiger partial charge in [-0.2, -0.15) is 0 Å². The number of nitrogens with zero attached hydrogens (tertiary/aromatic N) is 1. The lowest BCUT2D eigenvalue weighted by atomic mass is 10.1. The maximum Gasteiger partial charge on any atom is 0.234 e. The highest BCUT2D eigenvalue weighted by atomic mass is 32.2. The largest absolute Gasteiger partial charge is 0.364 e. The number of benzene rings is 2. The molecule has 5 heteroatoms. The summed E-state index contributed by atoms with van der Waals surface area (Å²) in [5.74, 6) is 0.276. The molecule has 0 unspecified atom stereocenters. The smallest absolute Gasteiger partial charge is 0.234 e. The zero-order valence-corrected chi connectivity index (χ0v) is 13.1. The predicted molar refractivity (Wildman–Crippen MR) is 91.3 cm³/mol. The Bertz CT molecular complexity index is 641. The number of carbonyl (C=O) groups is 1. The van der Waals surface area contributed by atoms with Gasteiger partial charge in [-0.25, -0.2) is 0 Å². The second-order valence-corrected chi connectivity index (χ2v) is 6.17. The monoisotopic (exact) mass is 304 g/mol. The van der Waals surface area contributed by atoms with Gasteiger partial charge >= 0.3 is 0 Å². The average molecular weight is 304 g/mol. The third kappa shape index (κ3) is 3.95. The van der Waals surface area contributed by atoms with Crippen LogP contribution in [0.2, 0.25) is 0 Å². The van der Waals surface area contributed by atoms with E-state index in [4.69, 9.17) is 12.2 Å². The minimum Gasteiger partial charge on any atom is -0.364 e. The van der Waals surface area contributed by atoms with E-state index in [1.807, 2.05) is 61.5 Å². The Morgan fingerprint density at radius 2 is 1.90 bits per heavy atom. The Morgan fingerprint density at radius 3 is 2.60 bits per heavy atom. The number of hydrogen-bond acceptors (Lipinski definition) is 3. The van der Waals surface area contributed by atoms with Crippen molar-refractivity contribution in [3.63, 3.8) is 0 Å². The van der Waals surface area contributed by atoms with E-state index in [1.165, 1.54) is 11.8 Å². The molecule has 0 aromatic heterocycles. The molecule has 1 N–H and O–H groups in total. The van der Waals surface area contributed by atoms with E-state index in [0.717, 1.165) is 16.5 Å². The van der Waals surface area contributed by atoms with Crippen LogP contribution in [0.3, 0.4) is 0 Å². The van der Waals surface area contributed by atoms with Crippen molar-refractivity contribution in [2.75, 3.05) is 25.2 Å². The van der Waals surface area contributed by atoms with Crippen molar-refractivity contribution in [1.29, 1.82) is 0 Å². The van der Waals surface area contributed by atoms with Gasteiger partial charge in [0.1, 0.15) is 4.32 Å². The fraction of sp³-hybridized carbons (Fsp3) is 0.200. The molecule has 0 spiro atoms. The van der Waals surface area contributed by atoms with Gasteiger partial charge in [0, 0.05) is 19.8 Å². The molecule has 0 aliphatic heterocycles. The minimum absolute atomic E-state index is 0.0468. The SMILES string of the molecule is CN(C)C(=S)SCC(=O)Nc1ccc2ccccc2c1. The molecule has 2 aromatic carbocycles. The van der Waals surface area contributed by atoms with Crippen LogP contribution in [0, 0.1) is 0 Å². The maximum absolute atomic E-state index is 11.9. The second-order valence-electron chi connectivity index (χ2n) is 4.56. The van der Waals surface area contributed by atoms with Crippen LogP contribution in [-0.2, 0) is 4.79 Å². The van der Waals surface area contributed by atoms with Crippen molar-refractivity contribution in [3.05, 3.63) is 42.5 Å². The molecule has 0 radical (unpaired) electrons. The summed E-state index contributed by atoms with van der Waals surface area (Å²) >= 11 is 6.49. The van der Waals surface area contributed by atoms with E-state index < -0.39 is 0 Å². The lowest BCUT2D eigenvalue weighted by molar-refractivity contribution is -0.113. The van der Waals surface area contributed by atoms with Gasteiger partial charge in [-0.05, 0) is 22.9 Å². The topological polar surface area (TPSA) is 32.3 Å². The van der Waals surface area contributed by atoms with E-state index in [0.29, 0.717) is 10.1 Å². The van der Waals surface area contributed by atoms with Crippen LogP contribution >= 0.6 is 24.0 Å². The molecule has 0 fully saturated rings. The zero-order chi connectivity index (χ0) is 14.5. The molecule has 104 valence electrons. The molecular formula is C15H16N2OS2. The van der Waals surface area contributed by atoms with Gasteiger partial charge in [0.05, 0.1) is 5.75 Å². The van der Waals surface area contributed by atoms with Crippen LogP contribution in [-0.4, -0.2) is 35.0 Å². The zero-order valence-electron chi connectivity index (χ0n) is 11.4.